The van der Waals surface area contributed by atoms with Crippen molar-refractivity contribution >= 4 is 45.0 Å². The van der Waals surface area contributed by atoms with Gasteiger partial charge in [-0.1, -0.05) is 54.1 Å². The Morgan fingerprint density at radius 2 is 1.71 bits per heavy atom. The fourth-order valence-electron chi connectivity index (χ4n) is 4.26. The number of halogens is 1. The van der Waals surface area contributed by atoms with E-state index in [1.807, 2.05) is 0 Å². The molecule has 1 aromatic heterocycles. The molecule has 184 valence electrons. The maximum atomic E-state index is 13.4. The number of amides is 2. The summed E-state index contributed by atoms with van der Waals surface area (Å²) in [5.41, 5.74) is -1.56. The van der Waals surface area contributed by atoms with E-state index in [2.05, 4.69) is 15.4 Å². The number of rotatable bonds is 9. The molecule has 1 heterocycles. The summed E-state index contributed by atoms with van der Waals surface area (Å²) in [4.78, 5) is 25.3. The highest BCUT2D eigenvalue weighted by Gasteiger charge is 2.74. The van der Waals surface area contributed by atoms with Gasteiger partial charge in [-0.25, -0.2) is 13.2 Å². The Balaban J connectivity index is 1.66. The van der Waals surface area contributed by atoms with Crippen molar-refractivity contribution in [3.05, 3.63) is 77.3 Å². The number of carbonyl (C=O) groups is 2. The van der Waals surface area contributed by atoms with Crippen LogP contribution >= 0.6 is 22.9 Å². The highest BCUT2D eigenvalue weighted by molar-refractivity contribution is 7.91. The van der Waals surface area contributed by atoms with Crippen molar-refractivity contribution in [3.8, 4) is 10.4 Å². The van der Waals surface area contributed by atoms with Crippen LogP contribution in [0.1, 0.15) is 18.9 Å². The molecule has 2 aromatic carbocycles. The predicted molar refractivity (Wildman–Crippen MR) is 135 cm³/mol. The fraction of sp³-hybridized carbons (Fsp3) is 0.250. The maximum absolute atomic E-state index is 13.4. The van der Waals surface area contributed by atoms with Crippen LogP contribution in [0.25, 0.3) is 10.4 Å². The first-order chi connectivity index (χ1) is 16.6. The van der Waals surface area contributed by atoms with Crippen LogP contribution in [0.2, 0.25) is 5.02 Å². The van der Waals surface area contributed by atoms with Gasteiger partial charge in [0.25, 0.3) is 10.0 Å². The molecule has 1 aliphatic carbocycles. The predicted octanol–water partition coefficient (Wildman–Crippen LogP) is 3.83. The van der Waals surface area contributed by atoms with Gasteiger partial charge in [0.05, 0.1) is 0 Å². The highest BCUT2D eigenvalue weighted by Crippen LogP contribution is 2.58. The SMILES string of the molecule is CCNC(=O)NC[C@@]1(c2ccccc2)C[C@]1(NS(=O)(=O)c1ccc(-c2ccc(Cl)cc2)s1)C(=O)O. The number of thiophene rings is 1. The monoisotopic (exact) mass is 533 g/mol. The van der Waals surface area contributed by atoms with E-state index in [-0.39, 0.29) is 17.2 Å². The Bertz CT molecular complexity index is 1340. The lowest BCUT2D eigenvalue weighted by molar-refractivity contribution is -0.140. The first kappa shape index (κ1) is 25.2. The number of sulfonamides is 1. The molecule has 1 aliphatic rings. The molecule has 0 aliphatic heterocycles. The van der Waals surface area contributed by atoms with Crippen molar-refractivity contribution in [2.45, 2.75) is 28.5 Å². The Kier molecular flexibility index (Phi) is 6.92. The lowest BCUT2D eigenvalue weighted by atomic mass is 9.90. The summed E-state index contributed by atoms with van der Waals surface area (Å²) in [5.74, 6) is -1.31. The number of carboxylic acid groups (broad SMARTS) is 1. The van der Waals surface area contributed by atoms with E-state index in [0.29, 0.717) is 22.0 Å². The number of hydrogen-bond donors (Lipinski definition) is 4. The van der Waals surface area contributed by atoms with Crippen LogP contribution in [-0.4, -0.2) is 44.2 Å². The van der Waals surface area contributed by atoms with Gasteiger partial charge in [-0.3, -0.25) is 4.79 Å². The molecule has 0 spiro atoms. The minimum Gasteiger partial charge on any atom is -0.480 e. The van der Waals surface area contributed by atoms with E-state index in [1.165, 1.54) is 6.07 Å². The molecule has 3 aromatic rings. The van der Waals surface area contributed by atoms with Crippen molar-refractivity contribution in [2.24, 2.45) is 0 Å². The lowest BCUT2D eigenvalue weighted by Gasteiger charge is -2.24. The molecule has 1 saturated carbocycles. The molecule has 0 radical (unpaired) electrons. The quantitative estimate of drug-likeness (QED) is 0.333. The minimum absolute atomic E-state index is 0.00591. The molecule has 0 saturated heterocycles. The van der Waals surface area contributed by atoms with E-state index in [4.69, 9.17) is 11.6 Å². The van der Waals surface area contributed by atoms with Crippen LogP contribution in [-0.2, 0) is 20.2 Å². The molecular formula is C24H24ClN3O5S2. The van der Waals surface area contributed by atoms with Gasteiger partial charge >= 0.3 is 12.0 Å². The van der Waals surface area contributed by atoms with Crippen LogP contribution in [0.3, 0.4) is 0 Å². The third-order valence-electron chi connectivity index (χ3n) is 6.12. The van der Waals surface area contributed by atoms with Gasteiger partial charge in [0.1, 0.15) is 9.75 Å². The number of urea groups is 1. The average molecular weight is 534 g/mol. The Morgan fingerprint density at radius 1 is 1.03 bits per heavy atom. The zero-order valence-corrected chi connectivity index (χ0v) is 21.1. The number of aliphatic carboxylic acids is 1. The molecule has 0 bridgehead atoms. The van der Waals surface area contributed by atoms with E-state index in [1.54, 1.807) is 67.6 Å². The van der Waals surface area contributed by atoms with Crippen LogP contribution < -0.4 is 15.4 Å². The molecule has 2 atom stereocenters. The summed E-state index contributed by atoms with van der Waals surface area (Å²) in [5, 5.41) is 16.1. The van der Waals surface area contributed by atoms with Crippen LogP contribution in [0.4, 0.5) is 4.79 Å². The molecule has 2 amide bonds. The van der Waals surface area contributed by atoms with Gasteiger partial charge in [0.2, 0.25) is 0 Å². The average Bonchev–Trinajstić information content (AvgIpc) is 3.21. The van der Waals surface area contributed by atoms with E-state index >= 15 is 0 Å². The van der Waals surface area contributed by atoms with E-state index in [0.717, 1.165) is 16.9 Å². The second-order valence-corrected chi connectivity index (χ2v) is 11.7. The fourth-order valence-corrected chi connectivity index (χ4v) is 7.12. The molecule has 8 nitrogen and oxygen atoms in total. The summed E-state index contributed by atoms with van der Waals surface area (Å²) < 4.78 is 29.2. The van der Waals surface area contributed by atoms with Gasteiger partial charge in [0, 0.05) is 28.4 Å². The second-order valence-electron chi connectivity index (χ2n) is 8.28. The third kappa shape index (κ3) is 4.79. The summed E-state index contributed by atoms with van der Waals surface area (Å²) in [6.07, 6.45) is -0.0135. The lowest BCUT2D eigenvalue weighted by Crippen LogP contribution is -2.52. The van der Waals surface area contributed by atoms with Crippen molar-refractivity contribution in [1.29, 1.82) is 0 Å². The summed E-state index contributed by atoms with van der Waals surface area (Å²) in [6, 6.07) is 18.4. The standard InChI is InChI=1S/C24H24ClN3O5S2/c1-2-26-22(31)27-15-23(17-6-4-3-5-7-17)14-24(23,21(29)30)28-35(32,33)20-13-12-19(34-20)16-8-10-18(25)11-9-16/h3-13,28H,2,14-15H2,1H3,(H,29,30)(H2,26,27,31)/t23-,24+/m1/s1. The van der Waals surface area contributed by atoms with Gasteiger partial charge in [-0.2, -0.15) is 4.72 Å². The zero-order valence-electron chi connectivity index (χ0n) is 18.7. The number of benzene rings is 2. The zero-order chi connectivity index (χ0) is 25.3. The maximum Gasteiger partial charge on any atom is 0.325 e. The molecular weight excluding hydrogens is 510 g/mol. The molecule has 4 rings (SSSR count). The number of carbonyl (C=O) groups excluding carboxylic acids is 1. The number of nitrogens with one attached hydrogen (secondary N) is 3. The van der Waals surface area contributed by atoms with E-state index < -0.39 is 33.0 Å². The van der Waals surface area contributed by atoms with Crippen LogP contribution in [0.15, 0.2) is 70.9 Å². The van der Waals surface area contributed by atoms with Gasteiger partial charge in [-0.05, 0) is 48.7 Å². The molecule has 35 heavy (non-hydrogen) atoms. The van der Waals surface area contributed by atoms with Crippen molar-refractivity contribution in [3.63, 3.8) is 0 Å². The van der Waals surface area contributed by atoms with E-state index in [9.17, 15) is 23.1 Å². The summed E-state index contributed by atoms with van der Waals surface area (Å²) in [7, 11) is -4.19. The number of hydrogen-bond acceptors (Lipinski definition) is 5. The molecule has 11 heteroatoms. The van der Waals surface area contributed by atoms with Crippen LogP contribution in [0, 0.1) is 0 Å². The third-order valence-corrected chi connectivity index (χ3v) is 9.49. The van der Waals surface area contributed by atoms with Crippen molar-refractivity contribution in [2.75, 3.05) is 13.1 Å². The Morgan fingerprint density at radius 3 is 2.34 bits per heavy atom. The van der Waals surface area contributed by atoms with Crippen LogP contribution in [0.5, 0.6) is 0 Å². The summed E-state index contributed by atoms with van der Waals surface area (Å²) in [6.45, 7) is 2.10. The first-order valence-corrected chi connectivity index (χ1v) is 13.5. The van der Waals surface area contributed by atoms with Gasteiger partial charge in [-0.15, -0.1) is 11.3 Å². The smallest absolute Gasteiger partial charge is 0.325 e. The van der Waals surface area contributed by atoms with Gasteiger partial charge < -0.3 is 15.7 Å². The highest BCUT2D eigenvalue weighted by atomic mass is 35.5. The van der Waals surface area contributed by atoms with Gasteiger partial charge in [0.15, 0.2) is 0 Å². The summed E-state index contributed by atoms with van der Waals surface area (Å²) >= 11 is 6.97. The molecule has 1 fully saturated rings. The number of carboxylic acids is 1. The van der Waals surface area contributed by atoms with Crippen molar-refractivity contribution in [1.82, 2.24) is 15.4 Å². The van der Waals surface area contributed by atoms with Crippen molar-refractivity contribution < 1.29 is 23.1 Å². The topological polar surface area (TPSA) is 125 Å². The molecule has 4 N–H and O–H groups in total. The first-order valence-electron chi connectivity index (χ1n) is 10.8. The Labute approximate surface area is 212 Å². The largest absolute Gasteiger partial charge is 0.480 e. The normalized spacial score (nSPS) is 21.3. The minimum atomic E-state index is -4.19. The Hall–Kier alpha value is -2.92. The second kappa shape index (κ2) is 9.62. The molecule has 0 unspecified atom stereocenters.